The van der Waals surface area contributed by atoms with Crippen molar-refractivity contribution in [3.63, 3.8) is 0 Å². The van der Waals surface area contributed by atoms with Crippen molar-refractivity contribution < 1.29 is 14.3 Å². The topological polar surface area (TPSA) is 106 Å². The summed E-state index contributed by atoms with van der Waals surface area (Å²) in [4.78, 5) is 22.8. The van der Waals surface area contributed by atoms with E-state index in [1.165, 1.54) is 18.2 Å². The number of carbonyl (C=O) groups excluding carboxylic acids is 1. The van der Waals surface area contributed by atoms with E-state index in [0.29, 0.717) is 18.1 Å². The molecule has 2 aromatic heterocycles. The van der Waals surface area contributed by atoms with Crippen LogP contribution in [0.1, 0.15) is 18.1 Å². The molecule has 1 aliphatic rings. The van der Waals surface area contributed by atoms with Crippen LogP contribution in [0.15, 0.2) is 24.5 Å². The van der Waals surface area contributed by atoms with Crippen molar-refractivity contribution in [3.05, 3.63) is 35.7 Å². The average Bonchev–Trinajstić information content (AvgIpc) is 3.15. The Hall–Kier alpha value is -3.40. The van der Waals surface area contributed by atoms with E-state index in [1.807, 2.05) is 6.92 Å². The number of ether oxygens (including phenoxy) is 2. The van der Waals surface area contributed by atoms with Gasteiger partial charge in [-0.3, -0.25) is 0 Å². The Balaban J connectivity index is 1.59. The van der Waals surface area contributed by atoms with E-state index < -0.39 is 6.09 Å². The number of amides is 1. The Morgan fingerprint density at radius 2 is 2.10 bits per heavy atom. The number of alkyl carbamates (subject to hydrolysis) is 1. The van der Waals surface area contributed by atoms with E-state index >= 15 is 0 Å². The van der Waals surface area contributed by atoms with Crippen LogP contribution < -0.4 is 15.4 Å². The fourth-order valence-corrected chi connectivity index (χ4v) is 3.74. The first-order valence-electron chi connectivity index (χ1n) is 10.1. The third-order valence-electron chi connectivity index (χ3n) is 5.34. The first-order valence-corrected chi connectivity index (χ1v) is 10.1. The second kappa shape index (κ2) is 8.76. The summed E-state index contributed by atoms with van der Waals surface area (Å²) >= 11 is 0. The number of likely N-dealkylation sites (N-methyl/N-ethyl adjacent to an activating group) is 1. The van der Waals surface area contributed by atoms with E-state index in [2.05, 4.69) is 54.5 Å². The molecule has 3 aromatic rings. The fourth-order valence-electron chi connectivity index (χ4n) is 3.74. The zero-order chi connectivity index (χ0) is 22.0. The largest absolute Gasteiger partial charge is 0.495 e. The summed E-state index contributed by atoms with van der Waals surface area (Å²) in [7, 11) is 5.12. The number of benzene rings is 1. The highest BCUT2D eigenvalue weighted by Gasteiger charge is 2.18. The molecule has 164 valence electrons. The van der Waals surface area contributed by atoms with Gasteiger partial charge in [0.05, 0.1) is 38.0 Å². The van der Waals surface area contributed by atoms with Gasteiger partial charge in [0.15, 0.2) is 5.65 Å². The minimum absolute atomic E-state index is 0.181. The molecular formula is C21H27N7O3. The molecule has 10 heteroatoms. The van der Waals surface area contributed by atoms with Gasteiger partial charge in [-0.2, -0.15) is 10.1 Å². The Morgan fingerprint density at radius 1 is 1.26 bits per heavy atom. The highest BCUT2D eigenvalue weighted by atomic mass is 16.5. The summed E-state index contributed by atoms with van der Waals surface area (Å²) in [6, 6.07) is 4.02. The molecule has 0 spiro atoms. The predicted molar refractivity (Wildman–Crippen MR) is 117 cm³/mol. The smallest absolute Gasteiger partial charge is 0.407 e. The predicted octanol–water partition coefficient (Wildman–Crippen LogP) is 2.31. The number of hydrogen-bond acceptors (Lipinski definition) is 8. The molecule has 31 heavy (non-hydrogen) atoms. The molecule has 3 heterocycles. The number of carbonyl (C=O) groups is 1. The molecule has 0 aliphatic carbocycles. The van der Waals surface area contributed by atoms with Gasteiger partial charge in [0.1, 0.15) is 5.75 Å². The summed E-state index contributed by atoms with van der Waals surface area (Å²) in [6.45, 7) is 4.26. The van der Waals surface area contributed by atoms with Gasteiger partial charge in [0.2, 0.25) is 5.95 Å². The van der Waals surface area contributed by atoms with Crippen LogP contribution in [0, 0.1) is 0 Å². The summed E-state index contributed by atoms with van der Waals surface area (Å²) in [6.07, 6.45) is 3.96. The van der Waals surface area contributed by atoms with Crippen molar-refractivity contribution >= 4 is 28.8 Å². The number of nitrogens with one attached hydrogen (secondary N) is 2. The Bertz CT molecular complexity index is 1100. The van der Waals surface area contributed by atoms with Gasteiger partial charge in [0.25, 0.3) is 0 Å². The summed E-state index contributed by atoms with van der Waals surface area (Å²) in [5.41, 5.74) is 4.07. The number of methoxy groups -OCH3 is 2. The monoisotopic (exact) mass is 425 g/mol. The fraction of sp³-hybridized carbons (Fsp3) is 0.429. The Kier molecular flexibility index (Phi) is 5.90. The molecule has 2 N–H and O–H groups in total. The number of aromatic nitrogens is 4. The van der Waals surface area contributed by atoms with Crippen LogP contribution in [-0.4, -0.2) is 64.6 Å². The lowest BCUT2D eigenvalue weighted by Gasteiger charge is -2.26. The molecule has 4 rings (SSSR count). The van der Waals surface area contributed by atoms with Crippen LogP contribution >= 0.6 is 0 Å². The number of rotatable bonds is 6. The molecule has 0 fully saturated rings. The quantitative estimate of drug-likeness (QED) is 0.620. The van der Waals surface area contributed by atoms with Gasteiger partial charge in [-0.05, 0) is 43.7 Å². The standard InChI is InChI=1S/C21H27N7O3/c1-13(24-21(29)31-4)11-28-19-16(10-23-28)9-22-20(26-19)25-17-7-15-12-27(2)6-5-14(15)8-18(17)30-3/h7-10,13H,5-6,11-12H2,1-4H3,(H,24,29)(H,22,25,26)/t13-/m1/s1. The van der Waals surface area contributed by atoms with Crippen molar-refractivity contribution in [2.24, 2.45) is 0 Å². The highest BCUT2D eigenvalue weighted by molar-refractivity contribution is 5.76. The molecule has 1 amide bonds. The molecule has 1 atom stereocenters. The molecule has 10 nitrogen and oxygen atoms in total. The van der Waals surface area contributed by atoms with Crippen LogP contribution in [0.2, 0.25) is 0 Å². The Morgan fingerprint density at radius 3 is 2.87 bits per heavy atom. The van der Waals surface area contributed by atoms with Crippen LogP contribution in [0.4, 0.5) is 16.4 Å². The van der Waals surface area contributed by atoms with Crippen LogP contribution in [0.3, 0.4) is 0 Å². The van der Waals surface area contributed by atoms with Gasteiger partial charge in [-0.1, -0.05) is 0 Å². The molecular weight excluding hydrogens is 398 g/mol. The number of hydrogen-bond donors (Lipinski definition) is 2. The molecule has 1 aromatic carbocycles. The first-order chi connectivity index (χ1) is 15.0. The first kappa shape index (κ1) is 20.9. The summed E-state index contributed by atoms with van der Waals surface area (Å²) in [5.74, 6) is 1.21. The van der Waals surface area contributed by atoms with E-state index in [9.17, 15) is 4.79 Å². The van der Waals surface area contributed by atoms with E-state index in [0.717, 1.165) is 36.3 Å². The van der Waals surface area contributed by atoms with Gasteiger partial charge in [0, 0.05) is 25.3 Å². The van der Waals surface area contributed by atoms with Crippen molar-refractivity contribution in [1.29, 1.82) is 0 Å². The van der Waals surface area contributed by atoms with Crippen molar-refractivity contribution in [1.82, 2.24) is 30.0 Å². The molecule has 0 radical (unpaired) electrons. The molecule has 0 unspecified atom stereocenters. The van der Waals surface area contributed by atoms with E-state index in [4.69, 9.17) is 4.74 Å². The van der Waals surface area contributed by atoms with Crippen LogP contribution in [0.25, 0.3) is 11.0 Å². The zero-order valence-electron chi connectivity index (χ0n) is 18.2. The number of anilines is 2. The normalized spacial score (nSPS) is 14.7. The Labute approximate surface area is 180 Å². The zero-order valence-corrected chi connectivity index (χ0v) is 18.2. The minimum atomic E-state index is -0.480. The van der Waals surface area contributed by atoms with Crippen molar-refractivity contribution in [2.45, 2.75) is 32.5 Å². The summed E-state index contributed by atoms with van der Waals surface area (Å²) in [5, 5.41) is 11.2. The maximum absolute atomic E-state index is 11.4. The lowest BCUT2D eigenvalue weighted by atomic mass is 9.99. The van der Waals surface area contributed by atoms with Crippen molar-refractivity contribution in [2.75, 3.05) is 33.1 Å². The summed E-state index contributed by atoms with van der Waals surface area (Å²) < 4.78 is 12.0. The lowest BCUT2D eigenvalue weighted by Crippen LogP contribution is -2.35. The van der Waals surface area contributed by atoms with Crippen LogP contribution in [-0.2, 0) is 24.2 Å². The van der Waals surface area contributed by atoms with Gasteiger partial charge in [-0.15, -0.1) is 0 Å². The van der Waals surface area contributed by atoms with E-state index in [-0.39, 0.29) is 6.04 Å². The number of fused-ring (bicyclic) bond motifs is 2. The SMILES string of the molecule is COC(=O)N[C@H](C)Cn1ncc2cnc(Nc3cc4c(cc3OC)CCN(C)C4)nc21. The third kappa shape index (κ3) is 4.53. The second-order valence-corrected chi connectivity index (χ2v) is 7.77. The van der Waals surface area contributed by atoms with Crippen molar-refractivity contribution in [3.8, 4) is 5.75 Å². The third-order valence-corrected chi connectivity index (χ3v) is 5.34. The maximum atomic E-state index is 11.4. The molecule has 0 saturated carbocycles. The maximum Gasteiger partial charge on any atom is 0.407 e. The molecule has 0 bridgehead atoms. The average molecular weight is 425 g/mol. The van der Waals surface area contributed by atoms with E-state index in [1.54, 1.807) is 24.2 Å². The second-order valence-electron chi connectivity index (χ2n) is 7.77. The molecule has 0 saturated heterocycles. The van der Waals surface area contributed by atoms with Gasteiger partial charge in [-0.25, -0.2) is 14.5 Å². The van der Waals surface area contributed by atoms with Gasteiger partial charge < -0.3 is 25.0 Å². The number of nitrogens with zero attached hydrogens (tertiary/aromatic N) is 5. The minimum Gasteiger partial charge on any atom is -0.495 e. The van der Waals surface area contributed by atoms with Crippen LogP contribution in [0.5, 0.6) is 5.75 Å². The van der Waals surface area contributed by atoms with Gasteiger partial charge >= 0.3 is 6.09 Å². The molecule has 1 aliphatic heterocycles. The highest BCUT2D eigenvalue weighted by Crippen LogP contribution is 2.33. The lowest BCUT2D eigenvalue weighted by molar-refractivity contribution is 0.166.